The van der Waals surface area contributed by atoms with Gasteiger partial charge in [0.1, 0.15) is 0 Å². The van der Waals surface area contributed by atoms with Gasteiger partial charge in [0.05, 0.1) is 10.6 Å². The molecule has 0 spiro atoms. The lowest BCUT2D eigenvalue weighted by Gasteiger charge is -2.02. The summed E-state index contributed by atoms with van der Waals surface area (Å²) in [4.78, 5) is 11.6. The van der Waals surface area contributed by atoms with Crippen molar-refractivity contribution in [1.82, 2.24) is 5.43 Å². The van der Waals surface area contributed by atoms with Crippen LogP contribution >= 0.6 is 11.3 Å². The predicted molar refractivity (Wildman–Crippen MR) is 58.6 cm³/mol. The number of nitrogens with zero attached hydrogens (tertiary/aromatic N) is 1. The van der Waals surface area contributed by atoms with E-state index in [-0.39, 0.29) is 0 Å². The molecule has 0 saturated carbocycles. The molecule has 0 radical (unpaired) electrons. The molecular weight excluding hydrogens is 198 g/mol. The number of hydrogen-bond donors (Lipinski definition) is 2. The second-order valence-corrected chi connectivity index (χ2v) is 3.74. The SMILES string of the molecule is CC/C(=N\NC(N)=O)c1sccc1C. The summed E-state index contributed by atoms with van der Waals surface area (Å²) in [5.74, 6) is 0. The number of nitrogens with one attached hydrogen (secondary N) is 1. The molecule has 1 aromatic rings. The largest absolute Gasteiger partial charge is 0.350 e. The third kappa shape index (κ3) is 2.56. The number of thiophene rings is 1. The van der Waals surface area contributed by atoms with Gasteiger partial charge in [-0.1, -0.05) is 6.92 Å². The minimum absolute atomic E-state index is 0.634. The van der Waals surface area contributed by atoms with Crippen molar-refractivity contribution in [3.63, 3.8) is 0 Å². The van der Waals surface area contributed by atoms with Gasteiger partial charge in [-0.3, -0.25) is 0 Å². The van der Waals surface area contributed by atoms with Crippen LogP contribution in [0.4, 0.5) is 4.79 Å². The average molecular weight is 211 g/mol. The lowest BCUT2D eigenvalue weighted by Crippen LogP contribution is -2.25. The van der Waals surface area contributed by atoms with E-state index in [9.17, 15) is 4.79 Å². The Morgan fingerprint density at radius 3 is 2.86 bits per heavy atom. The number of carbonyl (C=O) groups excluding carboxylic acids is 1. The molecule has 0 aliphatic heterocycles. The number of rotatable bonds is 3. The van der Waals surface area contributed by atoms with E-state index >= 15 is 0 Å². The molecule has 1 aromatic heterocycles. The zero-order chi connectivity index (χ0) is 10.6. The third-order valence-electron chi connectivity index (χ3n) is 1.76. The van der Waals surface area contributed by atoms with Gasteiger partial charge in [0.25, 0.3) is 0 Å². The Morgan fingerprint density at radius 2 is 2.43 bits per heavy atom. The molecule has 0 fully saturated rings. The molecule has 0 atom stereocenters. The second-order valence-electron chi connectivity index (χ2n) is 2.82. The molecule has 1 heterocycles. The first-order chi connectivity index (χ1) is 6.65. The molecule has 0 unspecified atom stereocenters. The Labute approximate surface area is 86.8 Å². The molecule has 0 aromatic carbocycles. The smallest absolute Gasteiger partial charge is 0.332 e. The first kappa shape index (κ1) is 10.7. The number of nitrogens with two attached hydrogens (primary N) is 1. The quantitative estimate of drug-likeness (QED) is 0.581. The highest BCUT2D eigenvalue weighted by Crippen LogP contribution is 2.17. The van der Waals surface area contributed by atoms with Crippen LogP contribution in [0.25, 0.3) is 0 Å². The Hall–Kier alpha value is -1.36. The fourth-order valence-electron chi connectivity index (χ4n) is 1.08. The number of primary amides is 1. The number of aryl methyl sites for hydroxylation is 1. The van der Waals surface area contributed by atoms with E-state index in [1.165, 1.54) is 5.56 Å². The normalized spacial score (nSPS) is 11.4. The van der Waals surface area contributed by atoms with Crippen molar-refractivity contribution in [2.24, 2.45) is 10.8 Å². The summed E-state index contributed by atoms with van der Waals surface area (Å²) >= 11 is 1.61. The van der Waals surface area contributed by atoms with Crippen LogP contribution < -0.4 is 11.2 Å². The first-order valence-electron chi connectivity index (χ1n) is 4.31. The Morgan fingerprint density at radius 1 is 1.71 bits per heavy atom. The summed E-state index contributed by atoms with van der Waals surface area (Å²) in [5, 5.41) is 5.95. The van der Waals surface area contributed by atoms with E-state index in [1.807, 2.05) is 25.3 Å². The van der Waals surface area contributed by atoms with Crippen LogP contribution in [0.1, 0.15) is 23.8 Å². The summed E-state index contributed by atoms with van der Waals surface area (Å²) < 4.78 is 0. The summed E-state index contributed by atoms with van der Waals surface area (Å²) in [7, 11) is 0. The van der Waals surface area contributed by atoms with Crippen molar-refractivity contribution in [1.29, 1.82) is 0 Å². The summed E-state index contributed by atoms with van der Waals surface area (Å²) in [6.45, 7) is 4.00. The lowest BCUT2D eigenvalue weighted by molar-refractivity contribution is 0.249. The van der Waals surface area contributed by atoms with Gasteiger partial charge >= 0.3 is 6.03 Å². The molecule has 14 heavy (non-hydrogen) atoms. The summed E-state index contributed by atoms with van der Waals surface area (Å²) in [5.41, 5.74) is 9.20. The molecule has 0 bridgehead atoms. The molecule has 0 aliphatic carbocycles. The fourth-order valence-corrected chi connectivity index (χ4v) is 2.07. The van der Waals surface area contributed by atoms with Crippen LogP contribution in [0.5, 0.6) is 0 Å². The van der Waals surface area contributed by atoms with Crippen LogP contribution in [0.3, 0.4) is 0 Å². The summed E-state index contributed by atoms with van der Waals surface area (Å²) in [6.07, 6.45) is 0.766. The molecule has 5 heteroatoms. The van der Waals surface area contributed by atoms with Crippen molar-refractivity contribution in [3.05, 3.63) is 21.9 Å². The van der Waals surface area contributed by atoms with Crippen molar-refractivity contribution < 1.29 is 4.79 Å². The highest BCUT2D eigenvalue weighted by atomic mass is 32.1. The topological polar surface area (TPSA) is 67.5 Å². The van der Waals surface area contributed by atoms with E-state index in [0.717, 1.165) is 17.0 Å². The zero-order valence-corrected chi connectivity index (χ0v) is 9.02. The standard InChI is InChI=1S/C9H13N3OS/c1-3-7(11-12-9(10)13)8-6(2)4-5-14-8/h4-5H,3H2,1-2H3,(H3,10,12,13)/b11-7+. The van der Waals surface area contributed by atoms with Gasteiger partial charge < -0.3 is 5.73 Å². The number of carbonyl (C=O) groups is 1. The van der Waals surface area contributed by atoms with Crippen LogP contribution in [-0.4, -0.2) is 11.7 Å². The molecular formula is C9H13N3OS. The minimum Gasteiger partial charge on any atom is -0.350 e. The molecule has 1 rings (SSSR count). The Kier molecular flexibility index (Phi) is 3.64. The highest BCUT2D eigenvalue weighted by Gasteiger charge is 2.06. The average Bonchev–Trinajstić information content (AvgIpc) is 2.53. The molecule has 0 aliphatic rings. The van der Waals surface area contributed by atoms with Crippen molar-refractivity contribution in [2.45, 2.75) is 20.3 Å². The first-order valence-corrected chi connectivity index (χ1v) is 5.19. The fraction of sp³-hybridized carbons (Fsp3) is 0.333. The second kappa shape index (κ2) is 4.76. The van der Waals surface area contributed by atoms with Gasteiger partial charge in [0.15, 0.2) is 0 Å². The van der Waals surface area contributed by atoms with E-state index in [2.05, 4.69) is 10.5 Å². The van der Waals surface area contributed by atoms with E-state index < -0.39 is 6.03 Å². The predicted octanol–water partition coefficient (Wildman–Crippen LogP) is 1.84. The van der Waals surface area contributed by atoms with E-state index in [1.54, 1.807) is 11.3 Å². The molecule has 3 N–H and O–H groups in total. The van der Waals surface area contributed by atoms with Crippen LogP contribution in [0.2, 0.25) is 0 Å². The van der Waals surface area contributed by atoms with Gasteiger partial charge in [0.2, 0.25) is 0 Å². The van der Waals surface area contributed by atoms with Crippen LogP contribution in [0, 0.1) is 6.92 Å². The van der Waals surface area contributed by atoms with Gasteiger partial charge in [-0.25, -0.2) is 10.2 Å². The number of amides is 2. The van der Waals surface area contributed by atoms with Gasteiger partial charge in [-0.05, 0) is 30.4 Å². The monoisotopic (exact) mass is 211 g/mol. The number of hydrogen-bond acceptors (Lipinski definition) is 3. The summed E-state index contributed by atoms with van der Waals surface area (Å²) in [6, 6.07) is 1.39. The van der Waals surface area contributed by atoms with Gasteiger partial charge in [0, 0.05) is 0 Å². The number of urea groups is 1. The maximum Gasteiger partial charge on any atom is 0.332 e. The molecule has 76 valence electrons. The molecule has 0 saturated heterocycles. The highest BCUT2D eigenvalue weighted by molar-refractivity contribution is 7.12. The molecule has 2 amide bonds. The van der Waals surface area contributed by atoms with Gasteiger partial charge in [-0.2, -0.15) is 5.10 Å². The van der Waals surface area contributed by atoms with Crippen LogP contribution in [-0.2, 0) is 0 Å². The maximum absolute atomic E-state index is 10.5. The van der Waals surface area contributed by atoms with E-state index in [4.69, 9.17) is 5.73 Å². The number of hydrazone groups is 1. The maximum atomic E-state index is 10.5. The van der Waals surface area contributed by atoms with Crippen molar-refractivity contribution >= 4 is 23.1 Å². The van der Waals surface area contributed by atoms with Gasteiger partial charge in [-0.15, -0.1) is 11.3 Å². The lowest BCUT2D eigenvalue weighted by atomic mass is 10.2. The zero-order valence-electron chi connectivity index (χ0n) is 8.20. The van der Waals surface area contributed by atoms with Crippen molar-refractivity contribution in [3.8, 4) is 0 Å². The third-order valence-corrected chi connectivity index (χ3v) is 2.83. The minimum atomic E-state index is -0.634. The molecule has 4 nitrogen and oxygen atoms in total. The Bertz CT molecular complexity index is 357. The van der Waals surface area contributed by atoms with Crippen LogP contribution in [0.15, 0.2) is 16.5 Å². The van der Waals surface area contributed by atoms with Crippen molar-refractivity contribution in [2.75, 3.05) is 0 Å². The Balaban J connectivity index is 2.87. The van der Waals surface area contributed by atoms with E-state index in [0.29, 0.717) is 0 Å².